The monoisotopic (exact) mass is 569 g/mol. The van der Waals surface area contributed by atoms with Gasteiger partial charge in [0, 0.05) is 54.9 Å². The third-order valence-electron chi connectivity index (χ3n) is 6.57. The van der Waals surface area contributed by atoms with Gasteiger partial charge in [-0.25, -0.2) is 18.4 Å². The number of aromatic nitrogens is 3. The second-order valence-corrected chi connectivity index (χ2v) is 11.3. The molecule has 0 spiro atoms. The third kappa shape index (κ3) is 5.91. The number of ether oxygens (including phenoxy) is 2. The molecule has 3 aromatic heterocycles. The lowest BCUT2D eigenvalue weighted by Gasteiger charge is -2.26. The van der Waals surface area contributed by atoms with E-state index >= 15 is 0 Å². The lowest BCUT2D eigenvalue weighted by molar-refractivity contribution is 0.0384. The van der Waals surface area contributed by atoms with Gasteiger partial charge in [0.2, 0.25) is 5.88 Å². The van der Waals surface area contributed by atoms with Crippen LogP contribution in [0.25, 0.3) is 16.8 Å². The van der Waals surface area contributed by atoms with Crippen LogP contribution in [0.2, 0.25) is 5.02 Å². The molecule has 0 radical (unpaired) electrons. The zero-order valence-corrected chi connectivity index (χ0v) is 23.1. The number of pyridine rings is 2. The van der Waals surface area contributed by atoms with E-state index in [4.69, 9.17) is 21.1 Å². The number of sulfonamides is 1. The zero-order chi connectivity index (χ0) is 27.6. The van der Waals surface area contributed by atoms with Crippen molar-refractivity contribution in [2.24, 2.45) is 0 Å². The van der Waals surface area contributed by atoms with E-state index in [0.29, 0.717) is 42.0 Å². The molecule has 1 saturated heterocycles. The summed E-state index contributed by atoms with van der Waals surface area (Å²) in [6.07, 6.45) is 5.45. The Morgan fingerprint density at radius 3 is 2.62 bits per heavy atom. The largest absolute Gasteiger partial charge is 0.480 e. The molecule has 12 heteroatoms. The fourth-order valence-electron chi connectivity index (χ4n) is 4.43. The molecule has 0 saturated carbocycles. The van der Waals surface area contributed by atoms with Crippen LogP contribution in [0.15, 0.2) is 64.7 Å². The molecule has 1 aliphatic rings. The van der Waals surface area contributed by atoms with Crippen molar-refractivity contribution in [3.8, 4) is 17.0 Å². The van der Waals surface area contributed by atoms with Crippen LogP contribution in [-0.4, -0.2) is 67.6 Å². The third-order valence-corrected chi connectivity index (χ3v) is 8.42. The van der Waals surface area contributed by atoms with Gasteiger partial charge in [-0.15, -0.1) is 0 Å². The predicted octanol–water partition coefficient (Wildman–Crippen LogP) is 3.40. The number of halogens is 1. The van der Waals surface area contributed by atoms with E-state index < -0.39 is 10.0 Å². The average Bonchev–Trinajstić information content (AvgIpc) is 2.92. The molecule has 5 rings (SSSR count). The number of hydrogen-bond acceptors (Lipinski definition) is 8. The molecule has 10 nitrogen and oxygen atoms in total. The summed E-state index contributed by atoms with van der Waals surface area (Å²) in [5, 5.41) is 0.108. The highest BCUT2D eigenvalue weighted by atomic mass is 35.5. The highest BCUT2D eigenvalue weighted by Crippen LogP contribution is 2.31. The summed E-state index contributed by atoms with van der Waals surface area (Å²) >= 11 is 6.22. The Labute approximate surface area is 231 Å². The molecule has 1 fully saturated rings. The molecule has 4 heterocycles. The van der Waals surface area contributed by atoms with Crippen molar-refractivity contribution < 1.29 is 17.9 Å². The second-order valence-electron chi connectivity index (χ2n) is 9.26. The van der Waals surface area contributed by atoms with Crippen molar-refractivity contribution in [2.45, 2.75) is 18.2 Å². The average molecular weight is 570 g/mol. The Morgan fingerprint density at radius 2 is 1.87 bits per heavy atom. The van der Waals surface area contributed by atoms with Crippen LogP contribution < -0.4 is 15.0 Å². The lowest BCUT2D eigenvalue weighted by atomic mass is 10.1. The van der Waals surface area contributed by atoms with Crippen LogP contribution in [0.5, 0.6) is 5.88 Å². The van der Waals surface area contributed by atoms with E-state index in [0.717, 1.165) is 25.2 Å². The van der Waals surface area contributed by atoms with Gasteiger partial charge in [-0.05, 0) is 49.2 Å². The van der Waals surface area contributed by atoms with E-state index in [1.807, 2.05) is 6.92 Å². The fraction of sp³-hybridized carbons (Fsp3) is 0.296. The van der Waals surface area contributed by atoms with Gasteiger partial charge in [-0.1, -0.05) is 17.7 Å². The molecule has 0 aliphatic carbocycles. The smallest absolute Gasteiger partial charge is 0.263 e. The van der Waals surface area contributed by atoms with E-state index in [1.165, 1.54) is 17.6 Å². The molecular weight excluding hydrogens is 542 g/mol. The number of aryl methyl sites for hydroxylation is 1. The number of methoxy groups -OCH3 is 1. The van der Waals surface area contributed by atoms with Crippen LogP contribution in [-0.2, 0) is 21.2 Å². The summed E-state index contributed by atoms with van der Waals surface area (Å²) in [7, 11) is -2.63. The molecule has 1 N–H and O–H groups in total. The lowest BCUT2D eigenvalue weighted by Crippen LogP contribution is -2.38. The molecule has 0 atom stereocenters. The zero-order valence-electron chi connectivity index (χ0n) is 21.6. The highest BCUT2D eigenvalue weighted by Gasteiger charge is 2.21. The number of morpholine rings is 1. The second kappa shape index (κ2) is 11.3. The number of rotatable bonds is 8. The summed E-state index contributed by atoms with van der Waals surface area (Å²) in [5.74, 6) is 0.0931. The molecule has 39 heavy (non-hydrogen) atoms. The first kappa shape index (κ1) is 27.1. The number of fused-ring (bicyclic) bond motifs is 1. The van der Waals surface area contributed by atoms with Gasteiger partial charge in [0.05, 0.1) is 25.3 Å². The van der Waals surface area contributed by atoms with Crippen molar-refractivity contribution in [1.82, 2.24) is 19.3 Å². The Morgan fingerprint density at radius 1 is 1.08 bits per heavy atom. The van der Waals surface area contributed by atoms with Crippen LogP contribution >= 0.6 is 11.6 Å². The molecule has 4 aromatic rings. The van der Waals surface area contributed by atoms with Crippen molar-refractivity contribution in [2.75, 3.05) is 44.7 Å². The van der Waals surface area contributed by atoms with E-state index in [-0.39, 0.29) is 27.0 Å². The summed E-state index contributed by atoms with van der Waals surface area (Å²) in [5.41, 5.74) is 3.19. The van der Waals surface area contributed by atoms with Crippen molar-refractivity contribution in [3.63, 3.8) is 0 Å². The maximum absolute atomic E-state index is 13.3. The number of hydrogen-bond donors (Lipinski definition) is 1. The van der Waals surface area contributed by atoms with Gasteiger partial charge in [-0.2, -0.15) is 0 Å². The molecule has 1 aromatic carbocycles. The predicted molar refractivity (Wildman–Crippen MR) is 149 cm³/mol. The van der Waals surface area contributed by atoms with Gasteiger partial charge in [0.1, 0.15) is 16.2 Å². The summed E-state index contributed by atoms with van der Waals surface area (Å²) in [6, 6.07) is 9.84. The molecule has 1 aliphatic heterocycles. The fourth-order valence-corrected chi connectivity index (χ4v) is 6.08. The summed E-state index contributed by atoms with van der Waals surface area (Å²) in [4.78, 5) is 24.2. The molecule has 0 unspecified atom stereocenters. The Bertz CT molecular complexity index is 1690. The van der Waals surface area contributed by atoms with Crippen LogP contribution in [0, 0.1) is 6.92 Å². The van der Waals surface area contributed by atoms with Crippen molar-refractivity contribution in [1.29, 1.82) is 0 Å². The minimum Gasteiger partial charge on any atom is -0.480 e. The quantitative estimate of drug-likeness (QED) is 0.343. The normalized spacial score (nSPS) is 14.4. The van der Waals surface area contributed by atoms with Gasteiger partial charge >= 0.3 is 0 Å². The van der Waals surface area contributed by atoms with Crippen LogP contribution in [0.4, 0.5) is 5.69 Å². The first-order chi connectivity index (χ1) is 18.7. The Balaban J connectivity index is 1.46. The van der Waals surface area contributed by atoms with Gasteiger partial charge in [-0.3, -0.25) is 18.8 Å². The van der Waals surface area contributed by atoms with Gasteiger partial charge < -0.3 is 9.47 Å². The number of nitrogens with one attached hydrogen (secondary N) is 1. The van der Waals surface area contributed by atoms with E-state index in [2.05, 4.69) is 19.6 Å². The number of nitrogens with zero attached hydrogens (tertiary/aromatic N) is 4. The first-order valence-electron chi connectivity index (χ1n) is 12.4. The number of benzene rings is 1. The topological polar surface area (TPSA) is 115 Å². The highest BCUT2D eigenvalue weighted by molar-refractivity contribution is 7.92. The van der Waals surface area contributed by atoms with Crippen LogP contribution in [0.1, 0.15) is 11.1 Å². The van der Waals surface area contributed by atoms with Crippen molar-refractivity contribution in [3.05, 3.63) is 81.5 Å². The molecule has 0 amide bonds. The Hall–Kier alpha value is -3.51. The number of anilines is 1. The van der Waals surface area contributed by atoms with E-state index in [9.17, 15) is 13.2 Å². The molecule has 204 valence electrons. The Kier molecular flexibility index (Phi) is 7.85. The van der Waals surface area contributed by atoms with Crippen LogP contribution in [0.3, 0.4) is 0 Å². The van der Waals surface area contributed by atoms with Gasteiger partial charge in [0.15, 0.2) is 0 Å². The minimum absolute atomic E-state index is 0.0600. The molecular formula is C27H28ClN5O5S. The SMILES string of the molecule is COc1ncc(-c2ccc3ncc(CCN4CCOCC4)c(=O)n3c2)cc1NS(=O)(=O)c1ccc(C)cc1Cl. The summed E-state index contributed by atoms with van der Waals surface area (Å²) < 4.78 is 41.0. The summed E-state index contributed by atoms with van der Waals surface area (Å²) in [6.45, 7) is 5.67. The molecule has 0 bridgehead atoms. The first-order valence-corrected chi connectivity index (χ1v) is 14.2. The maximum Gasteiger partial charge on any atom is 0.263 e. The minimum atomic E-state index is -4.03. The van der Waals surface area contributed by atoms with Gasteiger partial charge in [0.25, 0.3) is 15.6 Å². The van der Waals surface area contributed by atoms with Crippen molar-refractivity contribution >= 4 is 33.0 Å². The standard InChI is InChI=1S/C27H28ClN5O5S/c1-18-3-5-24(22(28)13-18)39(35,36)31-23-14-21(16-30-26(23)37-2)20-4-6-25-29-15-19(27(34)33(25)17-20)7-8-32-9-11-38-12-10-32/h3-6,13-17,31H,7-12H2,1-2H3. The maximum atomic E-state index is 13.3. The van der Waals surface area contributed by atoms with E-state index in [1.54, 1.807) is 48.9 Å².